The summed E-state index contributed by atoms with van der Waals surface area (Å²) >= 11 is 1.49. The lowest BCUT2D eigenvalue weighted by molar-refractivity contribution is -0.140. The Morgan fingerprint density at radius 1 is 1.00 bits per heavy atom. The highest BCUT2D eigenvalue weighted by Gasteiger charge is 2.33. The topological polar surface area (TPSA) is 45.2 Å². The van der Waals surface area contributed by atoms with E-state index in [4.69, 9.17) is 4.98 Å². The number of fused-ring (bicyclic) bond motifs is 1. The molecule has 0 saturated carbocycles. The zero-order valence-corrected chi connectivity index (χ0v) is 18.6. The summed E-state index contributed by atoms with van der Waals surface area (Å²) in [5.41, 5.74) is 2.06. The van der Waals surface area contributed by atoms with Crippen LogP contribution < -0.4 is 4.90 Å². The van der Waals surface area contributed by atoms with Gasteiger partial charge >= 0.3 is 6.18 Å². The van der Waals surface area contributed by atoms with E-state index in [-0.39, 0.29) is 0 Å². The highest BCUT2D eigenvalue weighted by molar-refractivity contribution is 7.08. The third kappa shape index (κ3) is 4.69. The van der Waals surface area contributed by atoms with Gasteiger partial charge in [0, 0.05) is 62.3 Å². The molecular formula is C24H22F3N5S. The van der Waals surface area contributed by atoms with Crippen LogP contribution in [-0.2, 0) is 12.7 Å². The van der Waals surface area contributed by atoms with Crippen molar-refractivity contribution in [1.29, 1.82) is 0 Å². The minimum absolute atomic E-state index is 0.338. The van der Waals surface area contributed by atoms with E-state index in [1.807, 2.05) is 29.1 Å². The highest BCUT2D eigenvalue weighted by Crippen LogP contribution is 2.36. The van der Waals surface area contributed by atoms with Gasteiger partial charge in [-0.3, -0.25) is 9.88 Å². The molecule has 0 bridgehead atoms. The van der Waals surface area contributed by atoms with E-state index in [1.165, 1.54) is 23.0 Å². The maximum Gasteiger partial charge on any atom is 0.433 e. The summed E-state index contributed by atoms with van der Waals surface area (Å²) in [6.45, 7) is 4.11. The van der Waals surface area contributed by atoms with Crippen LogP contribution in [0.1, 0.15) is 17.7 Å². The summed E-state index contributed by atoms with van der Waals surface area (Å²) in [4.78, 5) is 17.5. The molecule has 5 nitrogen and oxygen atoms in total. The zero-order chi connectivity index (χ0) is 22.8. The molecule has 1 aliphatic heterocycles. The number of pyridine rings is 3. The van der Waals surface area contributed by atoms with Crippen LogP contribution in [0.15, 0.2) is 59.7 Å². The Morgan fingerprint density at radius 3 is 2.67 bits per heavy atom. The molecule has 9 heteroatoms. The maximum absolute atomic E-state index is 13.4. The van der Waals surface area contributed by atoms with Gasteiger partial charge in [-0.05, 0) is 52.6 Å². The largest absolute Gasteiger partial charge is 0.433 e. The molecule has 1 saturated heterocycles. The van der Waals surface area contributed by atoms with Crippen LogP contribution in [0.2, 0.25) is 0 Å². The van der Waals surface area contributed by atoms with E-state index < -0.39 is 11.9 Å². The molecular weight excluding hydrogens is 447 g/mol. The minimum Gasteiger partial charge on any atom is -0.355 e. The number of thiophene rings is 1. The highest BCUT2D eigenvalue weighted by atomic mass is 32.1. The van der Waals surface area contributed by atoms with Gasteiger partial charge in [-0.2, -0.15) is 24.5 Å². The average molecular weight is 470 g/mol. The molecule has 0 spiro atoms. The lowest BCUT2D eigenvalue weighted by atomic mass is 10.1. The molecule has 0 atom stereocenters. The van der Waals surface area contributed by atoms with Crippen LogP contribution in [0.5, 0.6) is 0 Å². The number of hydrogen-bond donors (Lipinski definition) is 0. The minimum atomic E-state index is -4.50. The van der Waals surface area contributed by atoms with Crippen molar-refractivity contribution >= 4 is 28.1 Å². The molecule has 33 heavy (non-hydrogen) atoms. The molecule has 0 N–H and O–H groups in total. The standard InChI is InChI=1S/C24H22F3N5S/c25-24(26,27)21-5-4-19-22(30-21)20(18-6-12-33-16-18)14-29-23(19)32-9-2-8-31(10-11-32)15-17-3-1-7-28-13-17/h1,3-7,12-14,16H,2,8-11,15H2. The molecule has 5 rings (SSSR count). The van der Waals surface area contributed by atoms with E-state index in [0.29, 0.717) is 22.3 Å². The normalized spacial score (nSPS) is 15.7. The van der Waals surface area contributed by atoms with Gasteiger partial charge in [0.25, 0.3) is 0 Å². The van der Waals surface area contributed by atoms with Crippen molar-refractivity contribution in [2.24, 2.45) is 0 Å². The summed E-state index contributed by atoms with van der Waals surface area (Å²) in [6.07, 6.45) is 1.74. The first kappa shape index (κ1) is 21.8. The molecule has 1 aliphatic rings. The maximum atomic E-state index is 13.4. The second-order valence-corrected chi connectivity index (χ2v) is 8.86. The van der Waals surface area contributed by atoms with Crippen molar-refractivity contribution in [2.45, 2.75) is 19.1 Å². The Hall–Kier alpha value is -3.04. The van der Waals surface area contributed by atoms with Gasteiger partial charge in [0.05, 0.1) is 5.52 Å². The molecule has 0 radical (unpaired) electrons. The number of alkyl halides is 3. The van der Waals surface area contributed by atoms with Crippen LogP contribution in [-0.4, -0.2) is 46.0 Å². The number of rotatable bonds is 4. The smallest absolute Gasteiger partial charge is 0.355 e. The molecule has 5 heterocycles. The monoisotopic (exact) mass is 469 g/mol. The Balaban J connectivity index is 1.47. The van der Waals surface area contributed by atoms with Gasteiger partial charge in [-0.15, -0.1) is 0 Å². The first-order valence-electron chi connectivity index (χ1n) is 10.7. The third-order valence-electron chi connectivity index (χ3n) is 5.85. The summed E-state index contributed by atoms with van der Waals surface area (Å²) in [5, 5.41) is 4.45. The molecule has 0 amide bonds. The first-order chi connectivity index (χ1) is 16.0. The van der Waals surface area contributed by atoms with Crippen molar-refractivity contribution in [3.05, 3.63) is 70.9 Å². The molecule has 170 valence electrons. The van der Waals surface area contributed by atoms with E-state index >= 15 is 0 Å². The third-order valence-corrected chi connectivity index (χ3v) is 6.53. The zero-order valence-electron chi connectivity index (χ0n) is 17.8. The lowest BCUT2D eigenvalue weighted by Crippen LogP contribution is -2.31. The van der Waals surface area contributed by atoms with Crippen LogP contribution in [0.4, 0.5) is 19.0 Å². The van der Waals surface area contributed by atoms with Gasteiger partial charge < -0.3 is 4.90 Å². The molecule has 4 aromatic heterocycles. The van der Waals surface area contributed by atoms with Crippen LogP contribution in [0.3, 0.4) is 0 Å². The molecule has 0 aliphatic carbocycles. The van der Waals surface area contributed by atoms with Gasteiger partial charge in [0.1, 0.15) is 11.5 Å². The number of aromatic nitrogens is 3. The molecule has 1 fully saturated rings. The Bertz CT molecular complexity index is 1230. The predicted molar refractivity (Wildman–Crippen MR) is 124 cm³/mol. The average Bonchev–Trinajstić information content (AvgIpc) is 3.25. The second-order valence-electron chi connectivity index (χ2n) is 8.08. The fourth-order valence-corrected chi connectivity index (χ4v) is 4.89. The van der Waals surface area contributed by atoms with Crippen molar-refractivity contribution < 1.29 is 13.2 Å². The number of anilines is 1. The summed E-state index contributed by atoms with van der Waals surface area (Å²) in [6, 6.07) is 8.45. The van der Waals surface area contributed by atoms with Crippen LogP contribution >= 0.6 is 11.3 Å². The summed E-state index contributed by atoms with van der Waals surface area (Å²) in [7, 11) is 0. The van der Waals surface area contributed by atoms with E-state index in [1.54, 1.807) is 12.4 Å². The Labute approximate surface area is 193 Å². The van der Waals surface area contributed by atoms with E-state index in [2.05, 4.69) is 25.8 Å². The summed E-state index contributed by atoms with van der Waals surface area (Å²) in [5.74, 6) is 0.688. The van der Waals surface area contributed by atoms with E-state index in [0.717, 1.165) is 50.8 Å². The van der Waals surface area contributed by atoms with Crippen molar-refractivity contribution in [3.8, 4) is 11.1 Å². The van der Waals surface area contributed by atoms with Crippen LogP contribution in [0.25, 0.3) is 22.0 Å². The van der Waals surface area contributed by atoms with Gasteiger partial charge in [0.2, 0.25) is 0 Å². The van der Waals surface area contributed by atoms with Gasteiger partial charge in [-0.1, -0.05) is 6.07 Å². The SMILES string of the molecule is FC(F)(F)c1ccc2c(N3CCCN(Cc4cccnc4)CC3)ncc(-c3ccsc3)c2n1. The number of halogens is 3. The number of hydrogen-bond acceptors (Lipinski definition) is 6. The molecule has 0 unspecified atom stereocenters. The number of nitrogens with zero attached hydrogens (tertiary/aromatic N) is 5. The summed E-state index contributed by atoms with van der Waals surface area (Å²) < 4.78 is 40.3. The Morgan fingerprint density at radius 2 is 1.91 bits per heavy atom. The Kier molecular flexibility index (Phi) is 5.99. The second kappa shape index (κ2) is 9.07. The first-order valence-corrected chi connectivity index (χ1v) is 11.7. The predicted octanol–water partition coefficient (Wildman–Crippen LogP) is 5.48. The van der Waals surface area contributed by atoms with Crippen molar-refractivity contribution in [1.82, 2.24) is 19.9 Å². The van der Waals surface area contributed by atoms with Crippen molar-refractivity contribution in [3.63, 3.8) is 0 Å². The lowest BCUT2D eigenvalue weighted by Gasteiger charge is -2.24. The van der Waals surface area contributed by atoms with Crippen molar-refractivity contribution in [2.75, 3.05) is 31.1 Å². The van der Waals surface area contributed by atoms with Gasteiger partial charge in [0.15, 0.2) is 0 Å². The van der Waals surface area contributed by atoms with Gasteiger partial charge in [-0.25, -0.2) is 9.97 Å². The molecule has 4 aromatic rings. The molecule has 0 aromatic carbocycles. The fourth-order valence-electron chi connectivity index (χ4n) is 4.23. The quantitative estimate of drug-likeness (QED) is 0.396. The fraction of sp³-hybridized carbons (Fsp3) is 0.292. The van der Waals surface area contributed by atoms with Crippen LogP contribution in [0, 0.1) is 0 Å². The van der Waals surface area contributed by atoms with E-state index in [9.17, 15) is 13.2 Å².